The topological polar surface area (TPSA) is 67.6 Å². The lowest BCUT2D eigenvalue weighted by atomic mass is 10.1. The van der Waals surface area contributed by atoms with E-state index >= 15 is 0 Å². The molecule has 2 rings (SSSR count). The highest BCUT2D eigenvalue weighted by Crippen LogP contribution is 2.24. The number of methoxy groups -OCH3 is 1. The lowest BCUT2D eigenvalue weighted by Crippen LogP contribution is -2.51. The Labute approximate surface area is 125 Å². The zero-order valence-electron chi connectivity index (χ0n) is 12.6. The third-order valence-electron chi connectivity index (χ3n) is 3.82. The number of carbonyl (C=O) groups excluding carboxylic acids is 1. The van der Waals surface area contributed by atoms with E-state index in [0.717, 1.165) is 13.0 Å². The molecule has 0 aromatic heterocycles. The highest BCUT2D eigenvalue weighted by Gasteiger charge is 2.27. The Morgan fingerprint density at radius 2 is 2.29 bits per heavy atom. The van der Waals surface area contributed by atoms with E-state index < -0.39 is 0 Å². The largest absolute Gasteiger partial charge is 0.495 e. The summed E-state index contributed by atoms with van der Waals surface area (Å²) in [7, 11) is 1.59. The third kappa shape index (κ3) is 3.62. The van der Waals surface area contributed by atoms with Gasteiger partial charge in [-0.15, -0.1) is 0 Å². The predicted octanol–water partition coefficient (Wildman–Crippen LogP) is 1.61. The summed E-state index contributed by atoms with van der Waals surface area (Å²) in [6.45, 7) is 3.27. The summed E-state index contributed by atoms with van der Waals surface area (Å²) in [5.74, 6) is 0.611. The number of anilines is 1. The molecule has 0 radical (unpaired) electrons. The van der Waals surface area contributed by atoms with Crippen LogP contribution >= 0.6 is 0 Å². The van der Waals surface area contributed by atoms with Gasteiger partial charge in [-0.25, -0.2) is 0 Å². The molecule has 0 bridgehead atoms. The molecule has 5 heteroatoms. The number of nitrogens with one attached hydrogen (secondary N) is 1. The number of hydrogen-bond acceptors (Lipinski definition) is 4. The normalized spacial score (nSPS) is 20.0. The monoisotopic (exact) mass is 289 g/mol. The second kappa shape index (κ2) is 7.24. The SMILES string of the molecule is COc1ccccc1NC(=O)C(C)N1CCC=CC1CN. The van der Waals surface area contributed by atoms with E-state index in [-0.39, 0.29) is 18.0 Å². The predicted molar refractivity (Wildman–Crippen MR) is 84.4 cm³/mol. The van der Waals surface area contributed by atoms with Crippen LogP contribution in [0.3, 0.4) is 0 Å². The molecule has 2 atom stereocenters. The zero-order chi connectivity index (χ0) is 15.2. The van der Waals surface area contributed by atoms with Gasteiger partial charge in [0.2, 0.25) is 5.91 Å². The number of benzene rings is 1. The number of amides is 1. The minimum atomic E-state index is -0.242. The van der Waals surface area contributed by atoms with E-state index in [2.05, 4.69) is 22.4 Å². The molecule has 1 amide bonds. The van der Waals surface area contributed by atoms with Gasteiger partial charge in [0.1, 0.15) is 5.75 Å². The highest BCUT2D eigenvalue weighted by atomic mass is 16.5. The van der Waals surface area contributed by atoms with Crippen LogP contribution < -0.4 is 15.8 Å². The van der Waals surface area contributed by atoms with Crippen LogP contribution in [0.1, 0.15) is 13.3 Å². The molecular formula is C16H23N3O2. The molecule has 0 saturated heterocycles. The molecule has 114 valence electrons. The van der Waals surface area contributed by atoms with E-state index in [4.69, 9.17) is 10.5 Å². The fraction of sp³-hybridized carbons (Fsp3) is 0.438. The quantitative estimate of drug-likeness (QED) is 0.808. The molecule has 0 spiro atoms. The molecule has 1 aromatic carbocycles. The molecule has 1 aliphatic rings. The van der Waals surface area contributed by atoms with Gasteiger partial charge in [0.05, 0.1) is 18.8 Å². The Kier molecular flexibility index (Phi) is 5.36. The van der Waals surface area contributed by atoms with Crippen molar-refractivity contribution in [3.63, 3.8) is 0 Å². The van der Waals surface area contributed by atoms with E-state index in [1.54, 1.807) is 7.11 Å². The van der Waals surface area contributed by atoms with Crippen molar-refractivity contribution >= 4 is 11.6 Å². The first kappa shape index (κ1) is 15.5. The first-order chi connectivity index (χ1) is 10.2. The molecule has 1 heterocycles. The fourth-order valence-corrected chi connectivity index (χ4v) is 2.58. The summed E-state index contributed by atoms with van der Waals surface area (Å²) in [4.78, 5) is 14.6. The number of nitrogens with two attached hydrogens (primary N) is 1. The molecule has 0 aliphatic carbocycles. The lowest BCUT2D eigenvalue weighted by molar-refractivity contribution is -0.121. The summed E-state index contributed by atoms with van der Waals surface area (Å²) in [6, 6.07) is 7.28. The van der Waals surface area contributed by atoms with Crippen molar-refractivity contribution in [2.75, 3.05) is 25.5 Å². The Hall–Kier alpha value is -1.85. The molecule has 1 aliphatic heterocycles. The first-order valence-corrected chi connectivity index (χ1v) is 7.23. The van der Waals surface area contributed by atoms with Crippen LogP contribution in [0, 0.1) is 0 Å². The van der Waals surface area contributed by atoms with E-state index in [1.807, 2.05) is 31.2 Å². The Morgan fingerprint density at radius 3 is 3.00 bits per heavy atom. The molecular weight excluding hydrogens is 266 g/mol. The number of nitrogens with zero attached hydrogens (tertiary/aromatic N) is 1. The van der Waals surface area contributed by atoms with Crippen molar-refractivity contribution in [3.8, 4) is 5.75 Å². The average Bonchev–Trinajstić information content (AvgIpc) is 2.54. The van der Waals surface area contributed by atoms with Crippen LogP contribution in [0.2, 0.25) is 0 Å². The van der Waals surface area contributed by atoms with Gasteiger partial charge in [-0.1, -0.05) is 24.3 Å². The number of ether oxygens (including phenoxy) is 1. The Balaban J connectivity index is 2.07. The van der Waals surface area contributed by atoms with Crippen molar-refractivity contribution in [1.29, 1.82) is 0 Å². The average molecular weight is 289 g/mol. The van der Waals surface area contributed by atoms with Crippen LogP contribution in [0.15, 0.2) is 36.4 Å². The maximum atomic E-state index is 12.5. The third-order valence-corrected chi connectivity index (χ3v) is 3.82. The first-order valence-electron chi connectivity index (χ1n) is 7.23. The number of rotatable bonds is 5. The van der Waals surface area contributed by atoms with Crippen LogP contribution in [0.4, 0.5) is 5.69 Å². The maximum absolute atomic E-state index is 12.5. The minimum Gasteiger partial charge on any atom is -0.495 e. The number of carbonyl (C=O) groups is 1. The van der Waals surface area contributed by atoms with Gasteiger partial charge in [-0.3, -0.25) is 9.69 Å². The summed E-state index contributed by atoms with van der Waals surface area (Å²) in [5.41, 5.74) is 6.47. The lowest BCUT2D eigenvalue weighted by Gasteiger charge is -2.35. The molecule has 2 unspecified atom stereocenters. The fourth-order valence-electron chi connectivity index (χ4n) is 2.58. The van der Waals surface area contributed by atoms with Gasteiger partial charge < -0.3 is 15.8 Å². The van der Waals surface area contributed by atoms with Crippen molar-refractivity contribution in [2.45, 2.75) is 25.4 Å². The van der Waals surface area contributed by atoms with Gasteiger partial charge in [0.15, 0.2) is 0 Å². The molecule has 3 N–H and O–H groups in total. The summed E-state index contributed by atoms with van der Waals surface area (Å²) >= 11 is 0. The van der Waals surface area contributed by atoms with Gasteiger partial charge in [-0.05, 0) is 25.5 Å². The molecule has 1 aromatic rings. The second-order valence-corrected chi connectivity index (χ2v) is 5.12. The van der Waals surface area contributed by atoms with E-state index in [9.17, 15) is 4.79 Å². The van der Waals surface area contributed by atoms with Gasteiger partial charge in [0, 0.05) is 19.1 Å². The van der Waals surface area contributed by atoms with Gasteiger partial charge in [0.25, 0.3) is 0 Å². The Bertz CT molecular complexity index is 516. The van der Waals surface area contributed by atoms with Crippen LogP contribution in [-0.2, 0) is 4.79 Å². The Morgan fingerprint density at radius 1 is 1.52 bits per heavy atom. The zero-order valence-corrected chi connectivity index (χ0v) is 12.6. The minimum absolute atomic E-state index is 0.0479. The van der Waals surface area contributed by atoms with E-state index in [1.165, 1.54) is 0 Å². The standard InChI is InChI=1S/C16H23N3O2/c1-12(19-10-6-5-7-13(19)11-17)16(20)18-14-8-3-4-9-15(14)21-2/h3-5,7-9,12-13H,6,10-11,17H2,1-2H3,(H,18,20). The van der Waals surface area contributed by atoms with Crippen molar-refractivity contribution in [3.05, 3.63) is 36.4 Å². The molecule has 5 nitrogen and oxygen atoms in total. The molecule has 0 fully saturated rings. The molecule has 0 saturated carbocycles. The van der Waals surface area contributed by atoms with Gasteiger partial charge >= 0.3 is 0 Å². The number of para-hydroxylation sites is 2. The van der Waals surface area contributed by atoms with E-state index in [0.29, 0.717) is 18.0 Å². The summed E-state index contributed by atoms with van der Waals surface area (Å²) in [5, 5.41) is 2.93. The number of hydrogen-bond donors (Lipinski definition) is 2. The van der Waals surface area contributed by atoms with Crippen LogP contribution in [-0.4, -0.2) is 43.1 Å². The van der Waals surface area contributed by atoms with Crippen molar-refractivity contribution in [2.24, 2.45) is 5.73 Å². The summed E-state index contributed by atoms with van der Waals surface area (Å²) < 4.78 is 5.25. The maximum Gasteiger partial charge on any atom is 0.241 e. The van der Waals surface area contributed by atoms with Gasteiger partial charge in [-0.2, -0.15) is 0 Å². The van der Waals surface area contributed by atoms with Crippen molar-refractivity contribution < 1.29 is 9.53 Å². The van der Waals surface area contributed by atoms with Crippen LogP contribution in [0.5, 0.6) is 5.75 Å². The second-order valence-electron chi connectivity index (χ2n) is 5.12. The van der Waals surface area contributed by atoms with Crippen molar-refractivity contribution in [1.82, 2.24) is 4.90 Å². The molecule has 21 heavy (non-hydrogen) atoms. The van der Waals surface area contributed by atoms with Crippen LogP contribution in [0.25, 0.3) is 0 Å². The highest BCUT2D eigenvalue weighted by molar-refractivity contribution is 5.95. The summed E-state index contributed by atoms with van der Waals surface area (Å²) in [6.07, 6.45) is 5.15. The smallest absolute Gasteiger partial charge is 0.241 e.